The summed E-state index contributed by atoms with van der Waals surface area (Å²) < 4.78 is 38.2. The van der Waals surface area contributed by atoms with Crippen molar-refractivity contribution in [2.45, 2.75) is 52.2 Å². The van der Waals surface area contributed by atoms with E-state index >= 15 is 0 Å². The van der Waals surface area contributed by atoms with E-state index in [0.717, 1.165) is 25.1 Å². The summed E-state index contributed by atoms with van der Waals surface area (Å²) in [7, 11) is 0. The number of aromatic nitrogens is 1. The maximum atomic E-state index is 13.2. The van der Waals surface area contributed by atoms with E-state index in [0.29, 0.717) is 47.8 Å². The second-order valence-electron chi connectivity index (χ2n) is 10.9. The summed E-state index contributed by atoms with van der Waals surface area (Å²) in [6.07, 6.45) is 3.19. The number of carboxylic acid groups (broad SMARTS) is 1. The van der Waals surface area contributed by atoms with Crippen molar-refractivity contribution in [3.8, 4) is 0 Å². The van der Waals surface area contributed by atoms with Crippen LogP contribution in [0.1, 0.15) is 49.1 Å². The van der Waals surface area contributed by atoms with Gasteiger partial charge in [-0.2, -0.15) is 0 Å². The van der Waals surface area contributed by atoms with Gasteiger partial charge in [-0.1, -0.05) is 43.5 Å². The predicted octanol–water partition coefficient (Wildman–Crippen LogP) is 6.57. The molecular weight excluding hydrogens is 554 g/mol. The average Bonchev–Trinajstić information content (AvgIpc) is 2.94. The number of carboxylic acids is 1. The number of hydrogen-bond donors (Lipinski definition) is 3. The lowest BCUT2D eigenvalue weighted by molar-refractivity contribution is -0.132. The number of aliphatic carboxylic acids is 1. The van der Waals surface area contributed by atoms with E-state index in [1.165, 1.54) is 11.1 Å². The molecule has 0 amide bonds. The van der Waals surface area contributed by atoms with Gasteiger partial charge in [0.15, 0.2) is 0 Å². The van der Waals surface area contributed by atoms with Crippen molar-refractivity contribution in [3.63, 3.8) is 0 Å². The third-order valence-electron chi connectivity index (χ3n) is 7.45. The Morgan fingerprint density at radius 1 is 1.26 bits per heavy atom. The Morgan fingerprint density at radius 3 is 2.65 bits per heavy atom. The number of hydrogen-bond acceptors (Lipinski definition) is 7. The first-order valence-electron chi connectivity index (χ1n) is 14.2. The fourth-order valence-corrected chi connectivity index (χ4v) is 5.41. The number of allylic oxidation sites excluding steroid dienone is 3. The fraction of sp³-hybridized carbons (Fsp3) is 0.364. The van der Waals surface area contributed by atoms with Gasteiger partial charge in [0, 0.05) is 44.3 Å². The van der Waals surface area contributed by atoms with Crippen LogP contribution in [0.4, 0.5) is 14.6 Å². The molecule has 1 aliphatic carbocycles. The van der Waals surface area contributed by atoms with Gasteiger partial charge in [-0.05, 0) is 60.6 Å². The van der Waals surface area contributed by atoms with E-state index in [9.17, 15) is 18.7 Å². The third kappa shape index (κ3) is 7.95. The number of rotatable bonds is 14. The fourth-order valence-electron chi connectivity index (χ4n) is 5.41. The van der Waals surface area contributed by atoms with Crippen LogP contribution in [0.3, 0.4) is 0 Å². The molecule has 1 aromatic carbocycles. The monoisotopic (exact) mass is 592 g/mol. The first-order valence-corrected chi connectivity index (χ1v) is 14.2. The van der Waals surface area contributed by atoms with Crippen molar-refractivity contribution in [1.29, 1.82) is 5.41 Å². The standard InChI is InChI=1S/C33H38F2N4O4/c1-5-26(28-8-7-9-29(37-28)38-31(42-6-2)27(17-36)32(40)41)30(21(3)4)43-20-22-10-11-25-19-39(13-12-24(25)14-22)18-23-15-33(34,35)16-23/h5,7-11,14,17,23,36H,1,3,6,12-13,15-16,18-20H2,2,4H3,(H,37,38)(H,40,41)/b30-26-,31-27-,36-17?. The lowest BCUT2D eigenvalue weighted by atomic mass is 9.80. The Morgan fingerprint density at radius 2 is 2.02 bits per heavy atom. The number of alkyl halides is 2. The highest BCUT2D eigenvalue weighted by Crippen LogP contribution is 2.43. The zero-order valence-corrected chi connectivity index (χ0v) is 24.6. The summed E-state index contributed by atoms with van der Waals surface area (Å²) in [5.74, 6) is -2.95. The number of ether oxygens (including phenoxy) is 2. The Hall–Kier alpha value is -4.31. The number of benzene rings is 1. The van der Waals surface area contributed by atoms with Crippen molar-refractivity contribution in [3.05, 3.63) is 101 Å². The molecule has 43 heavy (non-hydrogen) atoms. The first-order chi connectivity index (χ1) is 20.5. The third-order valence-corrected chi connectivity index (χ3v) is 7.45. The van der Waals surface area contributed by atoms with Crippen LogP contribution in [-0.2, 0) is 33.8 Å². The molecule has 1 aliphatic heterocycles. The molecule has 1 fully saturated rings. The highest BCUT2D eigenvalue weighted by molar-refractivity contribution is 6.08. The van der Waals surface area contributed by atoms with Gasteiger partial charge in [0.2, 0.25) is 11.8 Å². The molecule has 10 heteroatoms. The van der Waals surface area contributed by atoms with E-state index in [4.69, 9.17) is 14.9 Å². The van der Waals surface area contributed by atoms with Crippen LogP contribution >= 0.6 is 0 Å². The number of pyridine rings is 1. The Labute approximate surface area is 250 Å². The molecule has 0 atom stereocenters. The molecule has 2 aliphatic rings. The van der Waals surface area contributed by atoms with Gasteiger partial charge in [-0.15, -0.1) is 0 Å². The van der Waals surface area contributed by atoms with E-state index in [1.54, 1.807) is 31.2 Å². The topological polar surface area (TPSA) is 108 Å². The number of halogens is 2. The quantitative estimate of drug-likeness (QED) is 0.0986. The molecule has 0 spiro atoms. The molecule has 0 bridgehead atoms. The first kappa shape index (κ1) is 31.6. The highest BCUT2D eigenvalue weighted by atomic mass is 19.3. The van der Waals surface area contributed by atoms with E-state index in [1.807, 2.05) is 13.0 Å². The minimum absolute atomic E-state index is 0.00399. The van der Waals surface area contributed by atoms with Crippen LogP contribution in [0.25, 0.3) is 5.57 Å². The van der Waals surface area contributed by atoms with Crippen LogP contribution in [0.15, 0.2) is 78.4 Å². The summed E-state index contributed by atoms with van der Waals surface area (Å²) >= 11 is 0. The Kier molecular flexibility index (Phi) is 10.1. The molecule has 1 aromatic heterocycles. The molecule has 2 heterocycles. The average molecular weight is 593 g/mol. The molecule has 0 unspecified atom stereocenters. The van der Waals surface area contributed by atoms with Crippen LogP contribution in [0.2, 0.25) is 0 Å². The van der Waals surface area contributed by atoms with E-state index < -0.39 is 11.9 Å². The van der Waals surface area contributed by atoms with Gasteiger partial charge in [-0.25, -0.2) is 18.6 Å². The van der Waals surface area contributed by atoms with Gasteiger partial charge in [0.1, 0.15) is 23.8 Å². The normalized spacial score (nSPS) is 17.4. The lowest BCUT2D eigenvalue weighted by Gasteiger charge is -2.39. The summed E-state index contributed by atoms with van der Waals surface area (Å²) in [5.41, 5.74) is 4.93. The maximum Gasteiger partial charge on any atom is 0.342 e. The zero-order valence-electron chi connectivity index (χ0n) is 24.6. The van der Waals surface area contributed by atoms with Gasteiger partial charge < -0.3 is 25.3 Å². The smallest absolute Gasteiger partial charge is 0.342 e. The van der Waals surface area contributed by atoms with Crippen molar-refractivity contribution >= 4 is 23.6 Å². The molecule has 2 aromatic rings. The van der Waals surface area contributed by atoms with Gasteiger partial charge in [0.05, 0.1) is 12.3 Å². The van der Waals surface area contributed by atoms with Crippen LogP contribution < -0.4 is 5.32 Å². The number of carbonyl (C=O) groups is 1. The van der Waals surface area contributed by atoms with Crippen molar-refractivity contribution < 1.29 is 28.2 Å². The minimum Gasteiger partial charge on any atom is -0.488 e. The Bertz CT molecular complexity index is 1460. The molecule has 4 rings (SSSR count). The molecule has 3 N–H and O–H groups in total. The number of nitrogens with zero attached hydrogens (tertiary/aromatic N) is 2. The van der Waals surface area contributed by atoms with Crippen molar-refractivity contribution in [2.24, 2.45) is 5.92 Å². The maximum absolute atomic E-state index is 13.2. The molecule has 8 nitrogen and oxygen atoms in total. The second kappa shape index (κ2) is 13.8. The molecule has 0 saturated heterocycles. The molecule has 228 valence electrons. The predicted molar refractivity (Wildman–Crippen MR) is 163 cm³/mol. The summed E-state index contributed by atoms with van der Waals surface area (Å²) in [6, 6.07) is 11.4. The number of nitrogens with one attached hydrogen (secondary N) is 2. The molecule has 0 radical (unpaired) electrons. The van der Waals surface area contributed by atoms with Gasteiger partial charge in [0.25, 0.3) is 0 Å². The largest absolute Gasteiger partial charge is 0.488 e. The molecule has 1 saturated carbocycles. The van der Waals surface area contributed by atoms with E-state index in [2.05, 4.69) is 40.5 Å². The van der Waals surface area contributed by atoms with Crippen LogP contribution in [0, 0.1) is 11.3 Å². The Balaban J connectivity index is 1.49. The lowest BCUT2D eigenvalue weighted by Crippen LogP contribution is -2.43. The van der Waals surface area contributed by atoms with Crippen molar-refractivity contribution in [1.82, 2.24) is 9.88 Å². The van der Waals surface area contributed by atoms with Crippen molar-refractivity contribution in [2.75, 3.05) is 25.0 Å². The number of fused-ring (bicyclic) bond motifs is 1. The van der Waals surface area contributed by atoms with Gasteiger partial charge in [-0.3, -0.25) is 4.90 Å². The SMILES string of the molecule is C=C/C(=C(/OCc1ccc2c(c1)CCN(CC1CC(F)(F)C1)C2)C(=C)C)c1cccc(N/C(OCC)=C(\C=N)C(=O)O)n1. The van der Waals surface area contributed by atoms with Gasteiger partial charge >= 0.3 is 5.97 Å². The summed E-state index contributed by atoms with van der Waals surface area (Å²) in [6.45, 7) is 14.4. The van der Waals surface area contributed by atoms with Crippen LogP contribution in [0.5, 0.6) is 0 Å². The van der Waals surface area contributed by atoms with E-state index in [-0.39, 0.29) is 36.8 Å². The van der Waals surface area contributed by atoms with Crippen LogP contribution in [-0.4, -0.2) is 52.8 Å². The second-order valence-corrected chi connectivity index (χ2v) is 10.9. The number of anilines is 1. The zero-order chi connectivity index (χ0) is 31.1. The summed E-state index contributed by atoms with van der Waals surface area (Å²) in [5, 5.41) is 19.8. The highest BCUT2D eigenvalue weighted by Gasteiger charge is 2.45. The molecular formula is C33H38F2N4O4. The summed E-state index contributed by atoms with van der Waals surface area (Å²) in [4.78, 5) is 18.4. The minimum atomic E-state index is -2.48.